The summed E-state index contributed by atoms with van der Waals surface area (Å²) in [4.78, 5) is 0.356. The molecule has 0 saturated carbocycles. The second-order valence-electron chi connectivity index (χ2n) is 5.41. The zero-order chi connectivity index (χ0) is 16.0. The third kappa shape index (κ3) is 4.41. The molecule has 0 saturated heterocycles. The Morgan fingerprint density at radius 1 is 0.818 bits per heavy atom. The molecular formula is C18H21FO2S. The molecule has 0 heterocycles. The number of hydrogen-bond acceptors (Lipinski definition) is 2. The molecular weight excluding hydrogens is 299 g/mol. The molecule has 0 bridgehead atoms. The molecule has 0 aliphatic heterocycles. The van der Waals surface area contributed by atoms with Crippen molar-refractivity contribution < 1.29 is 12.8 Å². The van der Waals surface area contributed by atoms with Gasteiger partial charge in [0.25, 0.3) is 0 Å². The Kier molecular flexibility index (Phi) is 5.72. The quantitative estimate of drug-likeness (QED) is 0.684. The first-order chi connectivity index (χ1) is 10.5. The van der Waals surface area contributed by atoms with Gasteiger partial charge in [-0.3, -0.25) is 0 Å². The average molecular weight is 320 g/mol. The molecule has 22 heavy (non-hydrogen) atoms. The summed E-state index contributed by atoms with van der Waals surface area (Å²) in [6.07, 6.45) is 3.81. The van der Waals surface area contributed by atoms with E-state index in [2.05, 4.69) is 6.92 Å². The minimum absolute atomic E-state index is 0.197. The highest BCUT2D eigenvalue weighted by Crippen LogP contribution is 2.22. The van der Waals surface area contributed by atoms with Crippen molar-refractivity contribution in [2.24, 2.45) is 0 Å². The van der Waals surface area contributed by atoms with E-state index in [-0.39, 0.29) is 11.6 Å². The van der Waals surface area contributed by atoms with E-state index in [4.69, 9.17) is 0 Å². The lowest BCUT2D eigenvalue weighted by Gasteiger charge is -2.06. The van der Waals surface area contributed by atoms with E-state index in [1.807, 2.05) is 0 Å². The minimum Gasteiger partial charge on any atom is -0.224 e. The van der Waals surface area contributed by atoms with Crippen LogP contribution in [0.1, 0.15) is 32.6 Å². The summed E-state index contributed by atoms with van der Waals surface area (Å²) >= 11 is 0. The molecule has 0 radical (unpaired) electrons. The van der Waals surface area contributed by atoms with Gasteiger partial charge < -0.3 is 0 Å². The fourth-order valence-corrected chi connectivity index (χ4v) is 3.70. The molecule has 2 nitrogen and oxygen atoms in total. The van der Waals surface area contributed by atoms with Gasteiger partial charge in [0.15, 0.2) is 9.84 Å². The lowest BCUT2D eigenvalue weighted by atomic mass is 10.1. The number of sulfone groups is 1. The monoisotopic (exact) mass is 320 g/mol. The van der Waals surface area contributed by atoms with E-state index in [1.165, 1.54) is 12.1 Å². The highest BCUT2D eigenvalue weighted by molar-refractivity contribution is 7.91. The van der Waals surface area contributed by atoms with Crippen LogP contribution in [-0.4, -0.2) is 14.2 Å². The second kappa shape index (κ2) is 7.54. The first-order valence-electron chi connectivity index (χ1n) is 7.61. The van der Waals surface area contributed by atoms with Gasteiger partial charge in [-0.1, -0.05) is 50.5 Å². The average Bonchev–Trinajstić information content (AvgIpc) is 2.52. The Labute approximate surface area is 131 Å². The van der Waals surface area contributed by atoms with Gasteiger partial charge in [-0.2, -0.15) is 0 Å². The number of rotatable bonds is 7. The molecule has 0 aliphatic rings. The largest absolute Gasteiger partial charge is 0.224 e. The Bertz CT molecular complexity index is 689. The third-order valence-electron chi connectivity index (χ3n) is 3.66. The summed E-state index contributed by atoms with van der Waals surface area (Å²) < 4.78 is 37.4. The molecule has 0 amide bonds. The van der Waals surface area contributed by atoms with Crippen molar-refractivity contribution in [3.63, 3.8) is 0 Å². The van der Waals surface area contributed by atoms with Crippen LogP contribution >= 0.6 is 0 Å². The molecule has 0 fully saturated rings. The smallest absolute Gasteiger partial charge is 0.178 e. The van der Waals surface area contributed by atoms with Gasteiger partial charge >= 0.3 is 0 Å². The van der Waals surface area contributed by atoms with Crippen molar-refractivity contribution in [1.82, 2.24) is 0 Å². The molecule has 4 heteroatoms. The standard InChI is InChI=1S/C18H21FO2S/c1-2-3-4-5-14-22(20,21)18-12-8-16(9-13-18)15-6-10-17(19)11-7-15/h6-13H,2-5,14H2,1H3. The highest BCUT2D eigenvalue weighted by atomic mass is 32.2. The van der Waals surface area contributed by atoms with Crippen molar-refractivity contribution in [2.75, 3.05) is 5.75 Å². The summed E-state index contributed by atoms with van der Waals surface area (Å²) in [7, 11) is -3.21. The molecule has 0 unspecified atom stereocenters. The third-order valence-corrected chi connectivity index (χ3v) is 5.47. The molecule has 2 rings (SSSR count). The van der Waals surface area contributed by atoms with Crippen LogP contribution in [0.4, 0.5) is 4.39 Å². The predicted octanol–water partition coefficient (Wildman–Crippen LogP) is 4.85. The minimum atomic E-state index is -3.21. The first-order valence-corrected chi connectivity index (χ1v) is 9.27. The van der Waals surface area contributed by atoms with Gasteiger partial charge in [0.1, 0.15) is 5.82 Å². The van der Waals surface area contributed by atoms with Crippen molar-refractivity contribution in [2.45, 2.75) is 37.5 Å². The molecule has 2 aromatic rings. The lowest BCUT2D eigenvalue weighted by molar-refractivity contribution is 0.589. The Morgan fingerprint density at radius 3 is 1.91 bits per heavy atom. The lowest BCUT2D eigenvalue weighted by Crippen LogP contribution is -2.06. The number of halogens is 1. The van der Waals surface area contributed by atoms with Gasteiger partial charge in [0, 0.05) is 0 Å². The number of benzene rings is 2. The van der Waals surface area contributed by atoms with Crippen molar-refractivity contribution in [3.8, 4) is 11.1 Å². The van der Waals surface area contributed by atoms with Gasteiger partial charge in [0.05, 0.1) is 10.6 Å². The van der Waals surface area contributed by atoms with E-state index >= 15 is 0 Å². The van der Waals surface area contributed by atoms with Crippen LogP contribution < -0.4 is 0 Å². The fourth-order valence-electron chi connectivity index (χ4n) is 2.33. The van der Waals surface area contributed by atoms with Crippen LogP contribution in [-0.2, 0) is 9.84 Å². The van der Waals surface area contributed by atoms with Crippen LogP contribution in [0.5, 0.6) is 0 Å². The molecule has 0 aliphatic carbocycles. The van der Waals surface area contributed by atoms with Crippen LogP contribution in [0, 0.1) is 5.82 Å². The second-order valence-corrected chi connectivity index (χ2v) is 7.52. The number of hydrogen-bond donors (Lipinski definition) is 0. The van der Waals surface area contributed by atoms with Crippen LogP contribution in [0.15, 0.2) is 53.4 Å². The van der Waals surface area contributed by atoms with Crippen molar-refractivity contribution >= 4 is 9.84 Å². The summed E-state index contributed by atoms with van der Waals surface area (Å²) in [5.41, 5.74) is 1.75. The number of unbranched alkanes of at least 4 members (excludes halogenated alkanes) is 3. The Hall–Kier alpha value is -1.68. The van der Waals surface area contributed by atoms with Crippen molar-refractivity contribution in [1.29, 1.82) is 0 Å². The molecule has 0 N–H and O–H groups in total. The first kappa shape index (κ1) is 16.7. The Balaban J connectivity index is 2.09. The van der Waals surface area contributed by atoms with Crippen LogP contribution in [0.3, 0.4) is 0 Å². The summed E-state index contributed by atoms with van der Waals surface area (Å²) in [5.74, 6) is -0.0851. The maximum Gasteiger partial charge on any atom is 0.178 e. The summed E-state index contributed by atoms with van der Waals surface area (Å²) in [5, 5.41) is 0. The van der Waals surface area contributed by atoms with E-state index in [0.29, 0.717) is 11.3 Å². The zero-order valence-corrected chi connectivity index (χ0v) is 13.6. The topological polar surface area (TPSA) is 34.1 Å². The zero-order valence-electron chi connectivity index (χ0n) is 12.8. The van der Waals surface area contributed by atoms with E-state index in [9.17, 15) is 12.8 Å². The van der Waals surface area contributed by atoms with Gasteiger partial charge in [-0.15, -0.1) is 0 Å². The maximum atomic E-state index is 12.9. The molecule has 2 aromatic carbocycles. The summed E-state index contributed by atoms with van der Waals surface area (Å²) in [6, 6.07) is 13.0. The van der Waals surface area contributed by atoms with E-state index in [0.717, 1.165) is 30.4 Å². The van der Waals surface area contributed by atoms with Crippen molar-refractivity contribution in [3.05, 3.63) is 54.3 Å². The Morgan fingerprint density at radius 2 is 1.36 bits per heavy atom. The summed E-state index contributed by atoms with van der Waals surface area (Å²) in [6.45, 7) is 2.10. The normalized spacial score (nSPS) is 11.5. The molecule has 0 aromatic heterocycles. The van der Waals surface area contributed by atoms with Gasteiger partial charge in [-0.25, -0.2) is 12.8 Å². The van der Waals surface area contributed by atoms with E-state index < -0.39 is 9.84 Å². The van der Waals surface area contributed by atoms with Gasteiger partial charge in [-0.05, 0) is 41.8 Å². The fraction of sp³-hybridized carbons (Fsp3) is 0.333. The van der Waals surface area contributed by atoms with Crippen LogP contribution in [0.2, 0.25) is 0 Å². The molecule has 0 spiro atoms. The molecule has 0 atom stereocenters. The molecule has 118 valence electrons. The van der Waals surface area contributed by atoms with Gasteiger partial charge in [0.2, 0.25) is 0 Å². The van der Waals surface area contributed by atoms with Crippen LogP contribution in [0.25, 0.3) is 11.1 Å². The maximum absolute atomic E-state index is 12.9. The van der Waals surface area contributed by atoms with E-state index in [1.54, 1.807) is 36.4 Å². The predicted molar refractivity (Wildman–Crippen MR) is 88.0 cm³/mol. The highest BCUT2D eigenvalue weighted by Gasteiger charge is 2.13. The SMILES string of the molecule is CCCCCCS(=O)(=O)c1ccc(-c2ccc(F)cc2)cc1.